The molecule has 3 rings (SSSR count). The van der Waals surface area contributed by atoms with Crippen molar-refractivity contribution in [3.05, 3.63) is 65.2 Å². The van der Waals surface area contributed by atoms with Crippen LogP contribution in [0.15, 0.2) is 48.5 Å². The van der Waals surface area contributed by atoms with Gasteiger partial charge in [0.15, 0.2) is 0 Å². The predicted molar refractivity (Wildman–Crippen MR) is 165 cm³/mol. The fourth-order valence-electron chi connectivity index (χ4n) is 5.38. The van der Waals surface area contributed by atoms with Gasteiger partial charge in [-0.2, -0.15) is 0 Å². The standard InChI is InChI=1S/C34H49N3O5/c1-3-4-5-6-7-8-21-36-33(39)31(37-32(38)28-15-9-26(23-35)10-16-28)22-25-13-19-30(20-14-25)42-24-27-11-17-29(18-12-27)34(40)41-2/h11-14,17-20,26,28,31H,3-10,15-16,21-24,35H2,1-2H3,(H,36,39)(H,37,38)/t26?,28?,31-/m0/s1. The van der Waals surface area contributed by atoms with Gasteiger partial charge in [0.25, 0.3) is 0 Å². The second-order valence-electron chi connectivity index (χ2n) is 11.4. The van der Waals surface area contributed by atoms with Crippen molar-refractivity contribution in [1.82, 2.24) is 10.6 Å². The van der Waals surface area contributed by atoms with Crippen LogP contribution in [-0.2, 0) is 27.4 Å². The molecule has 0 heterocycles. The lowest BCUT2D eigenvalue weighted by Gasteiger charge is -2.28. The maximum Gasteiger partial charge on any atom is 0.337 e. The third kappa shape index (κ3) is 11.1. The number of esters is 1. The number of hydrogen-bond acceptors (Lipinski definition) is 6. The molecule has 230 valence electrons. The summed E-state index contributed by atoms with van der Waals surface area (Å²) >= 11 is 0. The van der Waals surface area contributed by atoms with Crippen LogP contribution >= 0.6 is 0 Å². The number of rotatable bonds is 17. The van der Waals surface area contributed by atoms with E-state index in [9.17, 15) is 14.4 Å². The van der Waals surface area contributed by atoms with E-state index in [2.05, 4.69) is 17.6 Å². The molecule has 1 aliphatic rings. The molecule has 8 heteroatoms. The smallest absolute Gasteiger partial charge is 0.337 e. The molecule has 2 aromatic rings. The van der Waals surface area contributed by atoms with Crippen molar-refractivity contribution in [2.24, 2.45) is 17.6 Å². The number of methoxy groups -OCH3 is 1. The summed E-state index contributed by atoms with van der Waals surface area (Å²) in [5.74, 6) is 0.569. The lowest BCUT2D eigenvalue weighted by molar-refractivity contribution is -0.131. The van der Waals surface area contributed by atoms with Crippen molar-refractivity contribution in [3.63, 3.8) is 0 Å². The molecule has 0 saturated heterocycles. The first-order valence-electron chi connectivity index (χ1n) is 15.6. The summed E-state index contributed by atoms with van der Waals surface area (Å²) in [4.78, 5) is 38.0. The molecule has 4 N–H and O–H groups in total. The Morgan fingerprint density at radius 1 is 0.881 bits per heavy atom. The summed E-state index contributed by atoms with van der Waals surface area (Å²) in [5.41, 5.74) is 8.19. The number of carbonyl (C=O) groups is 3. The highest BCUT2D eigenvalue weighted by Gasteiger charge is 2.29. The van der Waals surface area contributed by atoms with E-state index in [1.54, 1.807) is 12.1 Å². The van der Waals surface area contributed by atoms with Gasteiger partial charge in [-0.05, 0) is 80.0 Å². The molecule has 2 amide bonds. The zero-order valence-electron chi connectivity index (χ0n) is 25.4. The van der Waals surface area contributed by atoms with Crippen molar-refractivity contribution < 1.29 is 23.9 Å². The Balaban J connectivity index is 1.55. The van der Waals surface area contributed by atoms with Crippen LogP contribution < -0.4 is 21.1 Å². The number of nitrogens with two attached hydrogens (primary N) is 1. The maximum atomic E-state index is 13.2. The molecule has 0 aliphatic heterocycles. The topological polar surface area (TPSA) is 120 Å². The second kappa shape index (κ2) is 18.2. The van der Waals surface area contributed by atoms with Gasteiger partial charge in [0.05, 0.1) is 12.7 Å². The molecule has 0 bridgehead atoms. The molecule has 0 radical (unpaired) electrons. The Morgan fingerprint density at radius 3 is 2.17 bits per heavy atom. The lowest BCUT2D eigenvalue weighted by Crippen LogP contribution is -2.50. The molecular weight excluding hydrogens is 530 g/mol. The van der Waals surface area contributed by atoms with Crippen LogP contribution in [0, 0.1) is 11.8 Å². The highest BCUT2D eigenvalue weighted by molar-refractivity contribution is 5.89. The summed E-state index contributed by atoms with van der Waals surface area (Å²) < 4.78 is 10.7. The Bertz CT molecular complexity index is 1100. The molecule has 1 saturated carbocycles. The van der Waals surface area contributed by atoms with Crippen LogP contribution in [0.5, 0.6) is 5.75 Å². The summed E-state index contributed by atoms with van der Waals surface area (Å²) in [6, 6.07) is 14.1. The third-order valence-corrected chi connectivity index (χ3v) is 8.16. The summed E-state index contributed by atoms with van der Waals surface area (Å²) in [6.45, 7) is 3.84. The highest BCUT2D eigenvalue weighted by atomic mass is 16.5. The third-order valence-electron chi connectivity index (χ3n) is 8.16. The van der Waals surface area contributed by atoms with E-state index < -0.39 is 6.04 Å². The van der Waals surface area contributed by atoms with E-state index in [1.807, 2.05) is 36.4 Å². The van der Waals surface area contributed by atoms with Crippen LogP contribution in [-0.4, -0.2) is 44.0 Å². The minimum Gasteiger partial charge on any atom is -0.489 e. The van der Waals surface area contributed by atoms with Gasteiger partial charge in [0.1, 0.15) is 18.4 Å². The van der Waals surface area contributed by atoms with Crippen LogP contribution in [0.4, 0.5) is 0 Å². The van der Waals surface area contributed by atoms with E-state index in [4.69, 9.17) is 15.2 Å². The van der Waals surface area contributed by atoms with Crippen molar-refractivity contribution in [2.45, 2.75) is 90.2 Å². The van der Waals surface area contributed by atoms with Gasteiger partial charge in [-0.1, -0.05) is 63.3 Å². The average molecular weight is 580 g/mol. The van der Waals surface area contributed by atoms with Gasteiger partial charge in [-0.3, -0.25) is 9.59 Å². The van der Waals surface area contributed by atoms with E-state index in [0.29, 0.717) is 43.3 Å². The first-order valence-corrected chi connectivity index (χ1v) is 15.6. The highest BCUT2D eigenvalue weighted by Crippen LogP contribution is 2.28. The van der Waals surface area contributed by atoms with Gasteiger partial charge in [-0.15, -0.1) is 0 Å². The minimum absolute atomic E-state index is 0.0386. The van der Waals surface area contributed by atoms with Gasteiger partial charge >= 0.3 is 5.97 Å². The van der Waals surface area contributed by atoms with Crippen molar-refractivity contribution in [2.75, 3.05) is 20.2 Å². The molecule has 0 unspecified atom stereocenters. The number of nitrogens with one attached hydrogen (secondary N) is 2. The van der Waals surface area contributed by atoms with Gasteiger partial charge in [-0.25, -0.2) is 4.79 Å². The minimum atomic E-state index is -0.634. The molecule has 2 aromatic carbocycles. The van der Waals surface area contributed by atoms with E-state index >= 15 is 0 Å². The molecule has 1 atom stereocenters. The first kappa shape index (κ1) is 33.1. The van der Waals surface area contributed by atoms with Gasteiger partial charge in [0, 0.05) is 18.9 Å². The fraction of sp³-hybridized carbons (Fsp3) is 0.559. The first-order chi connectivity index (χ1) is 20.4. The van der Waals surface area contributed by atoms with Crippen molar-refractivity contribution in [1.29, 1.82) is 0 Å². The summed E-state index contributed by atoms with van der Waals surface area (Å²) in [7, 11) is 1.36. The molecular formula is C34H49N3O5. The molecule has 1 fully saturated rings. The monoisotopic (exact) mass is 579 g/mol. The van der Waals surface area contributed by atoms with Gasteiger partial charge < -0.3 is 25.8 Å². The summed E-state index contributed by atoms with van der Waals surface area (Å²) in [6.07, 6.45) is 10.9. The number of unbranched alkanes of at least 4 members (excludes halogenated alkanes) is 5. The lowest BCUT2D eigenvalue weighted by atomic mass is 9.81. The Labute approximate surface area is 251 Å². The SMILES string of the molecule is CCCCCCCCNC(=O)[C@H](Cc1ccc(OCc2ccc(C(=O)OC)cc2)cc1)NC(=O)C1CCC(CN)CC1. The summed E-state index contributed by atoms with van der Waals surface area (Å²) in [5, 5.41) is 6.13. The Morgan fingerprint density at radius 2 is 1.52 bits per heavy atom. The number of hydrogen-bond donors (Lipinski definition) is 3. The molecule has 1 aliphatic carbocycles. The normalized spacial score (nSPS) is 17.2. The van der Waals surface area contributed by atoms with Crippen molar-refractivity contribution >= 4 is 17.8 Å². The maximum absolute atomic E-state index is 13.2. The second-order valence-corrected chi connectivity index (χ2v) is 11.4. The Kier molecular flexibility index (Phi) is 14.4. The number of ether oxygens (including phenoxy) is 2. The molecule has 42 heavy (non-hydrogen) atoms. The van der Waals surface area contributed by atoms with Crippen LogP contribution in [0.3, 0.4) is 0 Å². The number of carbonyl (C=O) groups excluding carboxylic acids is 3. The predicted octanol–water partition coefficient (Wildman–Crippen LogP) is 5.32. The number of amides is 2. The van der Waals surface area contributed by atoms with E-state index in [1.165, 1.54) is 32.8 Å². The Hall–Kier alpha value is -3.39. The van der Waals surface area contributed by atoms with Crippen LogP contribution in [0.2, 0.25) is 0 Å². The largest absolute Gasteiger partial charge is 0.489 e. The van der Waals surface area contributed by atoms with Gasteiger partial charge in [0.2, 0.25) is 11.8 Å². The van der Waals surface area contributed by atoms with Crippen molar-refractivity contribution in [3.8, 4) is 5.75 Å². The van der Waals surface area contributed by atoms with Crippen LogP contribution in [0.1, 0.15) is 92.6 Å². The zero-order valence-corrected chi connectivity index (χ0v) is 25.4. The number of benzene rings is 2. The average Bonchev–Trinajstić information content (AvgIpc) is 3.03. The molecule has 8 nitrogen and oxygen atoms in total. The zero-order chi connectivity index (χ0) is 30.2. The van der Waals surface area contributed by atoms with Crippen LogP contribution in [0.25, 0.3) is 0 Å². The van der Waals surface area contributed by atoms with E-state index in [-0.39, 0.29) is 23.7 Å². The molecule has 0 spiro atoms. The molecule has 0 aromatic heterocycles. The fourth-order valence-corrected chi connectivity index (χ4v) is 5.38. The van der Waals surface area contributed by atoms with E-state index in [0.717, 1.165) is 49.7 Å². The quantitative estimate of drug-likeness (QED) is 0.172.